The van der Waals surface area contributed by atoms with Crippen molar-refractivity contribution < 1.29 is 96.2 Å². The van der Waals surface area contributed by atoms with Crippen LogP contribution < -0.4 is 31.3 Å². The number of rotatable bonds is 39. The van der Waals surface area contributed by atoms with Crippen molar-refractivity contribution >= 4 is 76.9 Å². The van der Waals surface area contributed by atoms with Crippen molar-refractivity contribution in [2.75, 3.05) is 85.1 Å². The largest absolute Gasteiger partial charge is 0.484 e. The molecule has 0 bridgehead atoms. The Morgan fingerprint density at radius 2 is 1.02 bits per heavy atom. The molecule has 1 saturated heterocycles. The predicted octanol–water partition coefficient (Wildman–Crippen LogP) is 6.41. The molecule has 29 nitrogen and oxygen atoms in total. The van der Waals surface area contributed by atoms with Gasteiger partial charge in [0.05, 0.1) is 31.6 Å². The van der Waals surface area contributed by atoms with Gasteiger partial charge in [0.1, 0.15) is 57.8 Å². The lowest BCUT2D eigenvalue weighted by Gasteiger charge is -2.38. The topological polar surface area (TPSA) is 382 Å². The van der Waals surface area contributed by atoms with E-state index in [-0.39, 0.29) is 147 Å². The van der Waals surface area contributed by atoms with Crippen LogP contribution in [0.15, 0.2) is 54.6 Å². The number of carboxylic acid groups (broad SMARTS) is 2. The lowest BCUT2D eigenvalue weighted by molar-refractivity contribution is -0.163. The van der Waals surface area contributed by atoms with Gasteiger partial charge in [-0.3, -0.25) is 72.3 Å². The quantitative estimate of drug-likeness (QED) is 0.0216. The maximum atomic E-state index is 14.3. The van der Waals surface area contributed by atoms with E-state index in [4.69, 9.17) is 23.7 Å². The first-order chi connectivity index (χ1) is 49.6. The number of carbonyl (C=O) groups is 13. The summed E-state index contributed by atoms with van der Waals surface area (Å²) in [5.41, 5.74) is -2.45. The SMILES string of the molecule is CC(=O)CN1CCN(C(CCC(=O)O)C(C)=O)CCN(CC(=O)OC(C)(C)C)CCN(C(CCC(=O)NCC(=O)C[C@@H](Cc2ccc(OCC(=O)N[C@@H](Cc3ccccc3)C(=O)NCCCC[C@H](NC(=O)N[C@@H](CCC(=O)OC(C)(C)C)C(=O)OC(C)(C)C)C(C)(C)C)cc2)C(=O)O)C(=O)OC(C)(C)C)CC1. The second kappa shape index (κ2) is 44.2. The molecule has 2 aromatic carbocycles. The summed E-state index contributed by atoms with van der Waals surface area (Å²) in [6.45, 7) is 30.3. The van der Waals surface area contributed by atoms with E-state index in [1.807, 2.05) is 70.7 Å². The van der Waals surface area contributed by atoms with E-state index in [0.717, 1.165) is 5.56 Å². The molecule has 1 heterocycles. The number of carboxylic acids is 2. The van der Waals surface area contributed by atoms with Gasteiger partial charge in [0.2, 0.25) is 11.8 Å². The molecule has 0 spiro atoms. The fourth-order valence-electron chi connectivity index (χ4n) is 11.8. The molecule has 600 valence electrons. The van der Waals surface area contributed by atoms with Gasteiger partial charge in [-0.05, 0) is 171 Å². The fraction of sp³-hybridized carbons (Fsp3) is 0.679. The maximum absolute atomic E-state index is 14.3. The third-order valence-electron chi connectivity index (χ3n) is 17.0. The smallest absolute Gasteiger partial charge is 0.329 e. The number of benzene rings is 2. The third-order valence-corrected chi connectivity index (χ3v) is 17.0. The van der Waals surface area contributed by atoms with Crippen LogP contribution in [0.25, 0.3) is 0 Å². The number of esters is 4. The molecular weight excluding hydrogens is 1380 g/mol. The highest BCUT2D eigenvalue weighted by Gasteiger charge is 2.36. The van der Waals surface area contributed by atoms with Crippen LogP contribution in [0.3, 0.4) is 0 Å². The van der Waals surface area contributed by atoms with Gasteiger partial charge in [0.15, 0.2) is 12.4 Å². The lowest BCUT2D eigenvalue weighted by Crippen LogP contribution is -2.54. The third kappa shape index (κ3) is 40.4. The molecule has 5 amide bonds. The van der Waals surface area contributed by atoms with Gasteiger partial charge >= 0.3 is 41.8 Å². The van der Waals surface area contributed by atoms with Gasteiger partial charge in [-0.15, -0.1) is 0 Å². The maximum Gasteiger partial charge on any atom is 0.329 e. The Morgan fingerprint density at radius 3 is 1.54 bits per heavy atom. The normalized spacial score (nSPS) is 15.9. The minimum atomic E-state index is -1.26. The first kappa shape index (κ1) is 92.8. The molecule has 107 heavy (non-hydrogen) atoms. The summed E-state index contributed by atoms with van der Waals surface area (Å²) >= 11 is 0. The molecule has 0 aromatic heterocycles. The van der Waals surface area contributed by atoms with Crippen molar-refractivity contribution in [3.8, 4) is 5.75 Å². The van der Waals surface area contributed by atoms with Crippen LogP contribution in [-0.2, 0) is 89.3 Å². The van der Waals surface area contributed by atoms with Crippen molar-refractivity contribution in [3.05, 3.63) is 65.7 Å². The zero-order valence-electron chi connectivity index (χ0n) is 66.4. The van der Waals surface area contributed by atoms with E-state index >= 15 is 0 Å². The van der Waals surface area contributed by atoms with Gasteiger partial charge in [-0.25, -0.2) is 9.59 Å². The van der Waals surface area contributed by atoms with Gasteiger partial charge in [0, 0.05) is 97.0 Å². The number of hydrogen-bond donors (Lipinski definition) is 7. The number of amides is 5. The van der Waals surface area contributed by atoms with Crippen LogP contribution in [0.4, 0.5) is 4.79 Å². The van der Waals surface area contributed by atoms with E-state index in [2.05, 4.69) is 26.6 Å². The highest BCUT2D eigenvalue weighted by Crippen LogP contribution is 2.25. The number of ether oxygens (including phenoxy) is 5. The standard InChI is InChI=1S/C78H123N9O20/c1-52(88)49-84-37-41-86(61(53(2)89)32-34-66(93)94)42-39-85(50-68(96)105-76(9,10)11)40-44-87(43-38-84)62(72(101)107-78(15,16)17)31-33-64(91)80-48-57(90)47-56(70(98)99)45-55-26-28-58(29-27-55)103-51-65(92)81-60(46-54-23-19-18-20-24-54)69(97)79-36-22-21-25-63(74(3,4)5)83-73(102)82-59(71(100)106-77(12,13)14)30-35-67(95)104-75(6,7)8/h18-20,23-24,26-29,56,59-63H,21-22,25,30-51H2,1-17H3,(H,79,97)(H,80,91)(H,81,92)(H,93,94)(H,98,99)(H2,82,83,102)/t56-,59+,60+,61?,62?,63+/m1/s1. The average molecular weight is 1510 g/mol. The van der Waals surface area contributed by atoms with Crippen molar-refractivity contribution in [2.45, 2.75) is 247 Å². The van der Waals surface area contributed by atoms with Gasteiger partial charge in [-0.1, -0.05) is 63.2 Å². The number of aliphatic carboxylic acids is 2. The molecule has 7 N–H and O–H groups in total. The van der Waals surface area contributed by atoms with Crippen molar-refractivity contribution in [1.29, 1.82) is 0 Å². The van der Waals surface area contributed by atoms with E-state index in [0.29, 0.717) is 24.8 Å². The lowest BCUT2D eigenvalue weighted by atomic mass is 9.84. The van der Waals surface area contributed by atoms with Crippen LogP contribution >= 0.6 is 0 Å². The summed E-state index contributed by atoms with van der Waals surface area (Å²) in [7, 11) is 0. The predicted molar refractivity (Wildman–Crippen MR) is 401 cm³/mol. The first-order valence-corrected chi connectivity index (χ1v) is 37.1. The van der Waals surface area contributed by atoms with Gasteiger partial charge in [0.25, 0.3) is 5.91 Å². The van der Waals surface area contributed by atoms with Crippen LogP contribution in [0.2, 0.25) is 0 Å². The zero-order chi connectivity index (χ0) is 80.6. The number of ketones is 3. The summed E-state index contributed by atoms with van der Waals surface area (Å²) in [6.07, 6.45) is 0.521. The number of unbranched alkanes of at least 4 members (excludes halogenated alkanes) is 1. The minimum Gasteiger partial charge on any atom is -0.484 e. The number of Topliss-reactive ketones (excluding diaryl/α,β-unsaturated/α-hetero) is 3. The zero-order valence-corrected chi connectivity index (χ0v) is 66.4. The summed E-state index contributed by atoms with van der Waals surface area (Å²) < 4.78 is 28.4. The Labute approximate surface area is 632 Å². The van der Waals surface area contributed by atoms with Crippen LogP contribution in [0.5, 0.6) is 5.75 Å². The summed E-state index contributed by atoms with van der Waals surface area (Å²) in [6, 6.07) is 10.5. The molecule has 0 saturated carbocycles. The number of hydrogen-bond acceptors (Lipinski definition) is 22. The number of urea groups is 1. The second-order valence-electron chi connectivity index (χ2n) is 32.6. The molecule has 0 aliphatic carbocycles. The second-order valence-corrected chi connectivity index (χ2v) is 32.6. The molecular formula is C78H123N9O20. The Morgan fingerprint density at radius 1 is 0.495 bits per heavy atom. The van der Waals surface area contributed by atoms with E-state index < -0.39 is 143 Å². The van der Waals surface area contributed by atoms with Crippen molar-refractivity contribution in [3.63, 3.8) is 0 Å². The van der Waals surface area contributed by atoms with Crippen LogP contribution in [0, 0.1) is 11.3 Å². The van der Waals surface area contributed by atoms with E-state index in [1.54, 1.807) is 107 Å². The fourth-order valence-corrected chi connectivity index (χ4v) is 11.8. The van der Waals surface area contributed by atoms with Gasteiger partial charge < -0.3 is 60.5 Å². The Bertz CT molecular complexity index is 3260. The Balaban J connectivity index is 1.66. The molecule has 0 radical (unpaired) electrons. The number of nitrogens with zero attached hydrogens (tertiary/aromatic N) is 4. The minimum absolute atomic E-state index is 0.0277. The molecule has 2 aromatic rings. The molecule has 1 fully saturated rings. The van der Waals surface area contributed by atoms with Crippen LogP contribution in [0.1, 0.15) is 193 Å². The van der Waals surface area contributed by atoms with Crippen molar-refractivity contribution in [2.24, 2.45) is 11.3 Å². The van der Waals surface area contributed by atoms with Crippen LogP contribution in [-0.4, -0.2) is 244 Å². The average Bonchev–Trinajstić information content (AvgIpc) is 0.864. The summed E-state index contributed by atoms with van der Waals surface area (Å²) in [5, 5.41) is 33.8. The van der Waals surface area contributed by atoms with E-state index in [9.17, 15) is 72.5 Å². The molecule has 1 aliphatic rings. The molecule has 29 heteroatoms. The van der Waals surface area contributed by atoms with E-state index in [1.165, 1.54) is 13.8 Å². The number of nitrogens with one attached hydrogen (secondary N) is 5. The summed E-state index contributed by atoms with van der Waals surface area (Å²) in [4.78, 5) is 179. The van der Waals surface area contributed by atoms with Gasteiger partial charge in [-0.2, -0.15) is 0 Å². The molecule has 3 rings (SSSR count). The number of carbonyl (C=O) groups excluding carboxylic acids is 11. The monoisotopic (exact) mass is 1510 g/mol. The summed E-state index contributed by atoms with van der Waals surface area (Å²) in [5.74, 6) is -8.19. The molecule has 1 aliphatic heterocycles. The first-order valence-electron chi connectivity index (χ1n) is 37.1. The van der Waals surface area contributed by atoms with Crippen molar-refractivity contribution in [1.82, 2.24) is 46.2 Å². The molecule has 2 unspecified atom stereocenters. The molecule has 6 atom stereocenters. The highest BCUT2D eigenvalue weighted by atomic mass is 16.6. The highest BCUT2D eigenvalue weighted by molar-refractivity contribution is 5.90. The Kier molecular flexibility index (Phi) is 38.3. The Hall–Kier alpha value is -8.41.